The zero-order chi connectivity index (χ0) is 15.9. The fourth-order valence-electron chi connectivity index (χ4n) is 2.42. The van der Waals surface area contributed by atoms with Gasteiger partial charge in [-0.05, 0) is 44.6 Å². The normalized spacial score (nSPS) is 14.0. The van der Waals surface area contributed by atoms with Crippen LogP contribution in [-0.4, -0.2) is 36.6 Å². The average molecular weight is 301 g/mol. The number of halogens is 1. The van der Waals surface area contributed by atoms with E-state index in [9.17, 15) is 4.39 Å². The lowest BCUT2D eigenvalue weighted by Crippen LogP contribution is -2.40. The van der Waals surface area contributed by atoms with Gasteiger partial charge >= 0.3 is 0 Å². The maximum Gasteiger partial charge on any atom is 0.141 e. The van der Waals surface area contributed by atoms with Gasteiger partial charge in [0.15, 0.2) is 0 Å². The van der Waals surface area contributed by atoms with Crippen molar-refractivity contribution < 1.29 is 4.39 Å². The summed E-state index contributed by atoms with van der Waals surface area (Å²) >= 11 is 0. The summed E-state index contributed by atoms with van der Waals surface area (Å²) in [5.41, 5.74) is 2.19. The second-order valence-electron chi connectivity index (χ2n) is 5.87. The van der Waals surface area contributed by atoms with Crippen molar-refractivity contribution in [2.24, 2.45) is 0 Å². The number of hydrogen-bond acceptors (Lipinski definition) is 3. The summed E-state index contributed by atoms with van der Waals surface area (Å²) in [7, 11) is 4.17. The number of likely N-dealkylation sites (N-methyl/N-ethyl adjacent to an activating group) is 1. The molecule has 4 heteroatoms. The molecule has 0 spiro atoms. The van der Waals surface area contributed by atoms with Crippen molar-refractivity contribution in [2.45, 2.75) is 25.4 Å². The van der Waals surface area contributed by atoms with E-state index in [0.29, 0.717) is 6.04 Å². The predicted octanol–water partition coefficient (Wildman–Crippen LogP) is 3.04. The van der Waals surface area contributed by atoms with Gasteiger partial charge in [0.05, 0.1) is 6.20 Å². The molecule has 1 heterocycles. The van der Waals surface area contributed by atoms with Crippen molar-refractivity contribution in [1.29, 1.82) is 0 Å². The first-order valence-electron chi connectivity index (χ1n) is 7.60. The zero-order valence-corrected chi connectivity index (χ0v) is 13.5. The molecule has 3 nitrogen and oxygen atoms in total. The lowest BCUT2D eigenvalue weighted by atomic mass is 10.0. The lowest BCUT2D eigenvalue weighted by molar-refractivity contribution is 0.275. The van der Waals surface area contributed by atoms with Crippen molar-refractivity contribution in [3.05, 3.63) is 65.7 Å². The molecule has 0 aliphatic carbocycles. The highest BCUT2D eigenvalue weighted by atomic mass is 19.1. The van der Waals surface area contributed by atoms with E-state index in [2.05, 4.69) is 53.6 Å². The molecule has 2 atom stereocenters. The molecule has 1 aromatic carbocycles. The fourth-order valence-corrected chi connectivity index (χ4v) is 2.42. The third kappa shape index (κ3) is 4.90. The van der Waals surface area contributed by atoms with Crippen LogP contribution >= 0.6 is 0 Å². The zero-order valence-electron chi connectivity index (χ0n) is 13.5. The predicted molar refractivity (Wildman–Crippen MR) is 88.2 cm³/mol. The van der Waals surface area contributed by atoms with E-state index in [1.165, 1.54) is 17.8 Å². The summed E-state index contributed by atoms with van der Waals surface area (Å²) in [5.74, 6) is -0.292. The van der Waals surface area contributed by atoms with Crippen LogP contribution < -0.4 is 5.32 Å². The Balaban J connectivity index is 1.94. The van der Waals surface area contributed by atoms with E-state index in [4.69, 9.17) is 0 Å². The van der Waals surface area contributed by atoms with Crippen LogP contribution in [0.5, 0.6) is 0 Å². The fraction of sp³-hybridized carbons (Fsp3) is 0.389. The van der Waals surface area contributed by atoms with Gasteiger partial charge < -0.3 is 10.2 Å². The van der Waals surface area contributed by atoms with Gasteiger partial charge in [0, 0.05) is 24.8 Å². The molecular formula is C18H24FN3. The summed E-state index contributed by atoms with van der Waals surface area (Å²) < 4.78 is 13.2. The molecule has 0 saturated heterocycles. The highest BCUT2D eigenvalue weighted by molar-refractivity contribution is 5.17. The van der Waals surface area contributed by atoms with Crippen LogP contribution in [0.4, 0.5) is 4.39 Å². The molecule has 0 aliphatic rings. The molecule has 2 aromatic rings. The second-order valence-corrected chi connectivity index (χ2v) is 5.87. The maximum absolute atomic E-state index is 13.2. The van der Waals surface area contributed by atoms with Gasteiger partial charge in [0.1, 0.15) is 5.82 Å². The molecule has 22 heavy (non-hydrogen) atoms. The van der Waals surface area contributed by atoms with Crippen LogP contribution in [0.3, 0.4) is 0 Å². The smallest absolute Gasteiger partial charge is 0.141 e. The van der Waals surface area contributed by atoms with Gasteiger partial charge in [-0.3, -0.25) is 4.98 Å². The average Bonchev–Trinajstić information content (AvgIpc) is 2.51. The van der Waals surface area contributed by atoms with E-state index in [1.54, 1.807) is 6.20 Å². The minimum Gasteiger partial charge on any atom is -0.309 e. The van der Waals surface area contributed by atoms with Crippen LogP contribution in [0.2, 0.25) is 0 Å². The van der Waals surface area contributed by atoms with Crippen LogP contribution in [0.15, 0.2) is 48.8 Å². The molecule has 0 radical (unpaired) electrons. The van der Waals surface area contributed by atoms with Crippen molar-refractivity contribution in [1.82, 2.24) is 15.2 Å². The SMILES string of the molecule is CC(NCC(Cc1ccccc1)N(C)C)c1cncc(F)c1. The van der Waals surface area contributed by atoms with E-state index >= 15 is 0 Å². The molecule has 1 aromatic heterocycles. The maximum atomic E-state index is 13.2. The van der Waals surface area contributed by atoms with E-state index in [1.807, 2.05) is 13.0 Å². The summed E-state index contributed by atoms with van der Waals surface area (Å²) in [6.45, 7) is 2.87. The van der Waals surface area contributed by atoms with Gasteiger partial charge in [-0.25, -0.2) is 4.39 Å². The van der Waals surface area contributed by atoms with Gasteiger partial charge in [-0.15, -0.1) is 0 Å². The monoisotopic (exact) mass is 301 g/mol. The first-order valence-corrected chi connectivity index (χ1v) is 7.60. The molecule has 0 aliphatic heterocycles. The molecule has 0 fully saturated rings. The first-order chi connectivity index (χ1) is 10.6. The molecule has 0 bridgehead atoms. The number of benzene rings is 1. The highest BCUT2D eigenvalue weighted by Crippen LogP contribution is 2.13. The van der Waals surface area contributed by atoms with Crippen molar-refractivity contribution >= 4 is 0 Å². The Morgan fingerprint density at radius 1 is 1.18 bits per heavy atom. The van der Waals surface area contributed by atoms with Gasteiger partial charge in [0.25, 0.3) is 0 Å². The molecule has 0 saturated carbocycles. The molecular weight excluding hydrogens is 277 g/mol. The number of nitrogens with one attached hydrogen (secondary N) is 1. The van der Waals surface area contributed by atoms with E-state index in [0.717, 1.165) is 18.5 Å². The Kier molecular flexibility index (Phi) is 6.04. The minimum absolute atomic E-state index is 0.0708. The van der Waals surface area contributed by atoms with Crippen LogP contribution in [0, 0.1) is 5.82 Å². The summed E-state index contributed by atoms with van der Waals surface area (Å²) in [6.07, 6.45) is 3.92. The summed E-state index contributed by atoms with van der Waals surface area (Å²) in [6, 6.07) is 12.4. The first kappa shape index (κ1) is 16.6. The Hall–Kier alpha value is -1.78. The molecule has 0 amide bonds. The number of rotatable bonds is 7. The number of pyridine rings is 1. The minimum atomic E-state index is -0.292. The molecule has 2 rings (SSSR count). The number of nitrogens with zero attached hydrogens (tertiary/aromatic N) is 2. The lowest BCUT2D eigenvalue weighted by Gasteiger charge is -2.26. The number of aromatic nitrogens is 1. The standard InChI is InChI=1S/C18H24FN3/c1-14(16-10-17(19)12-20-11-16)21-13-18(22(2)3)9-15-7-5-4-6-8-15/h4-8,10-12,14,18,21H,9,13H2,1-3H3. The quantitative estimate of drug-likeness (QED) is 0.852. The Bertz CT molecular complexity index is 572. The van der Waals surface area contributed by atoms with Crippen molar-refractivity contribution in [3.8, 4) is 0 Å². The molecule has 118 valence electrons. The topological polar surface area (TPSA) is 28.2 Å². The summed E-state index contributed by atoms with van der Waals surface area (Å²) in [4.78, 5) is 6.13. The van der Waals surface area contributed by atoms with Crippen LogP contribution in [0.1, 0.15) is 24.1 Å². The third-order valence-corrected chi connectivity index (χ3v) is 3.93. The van der Waals surface area contributed by atoms with Crippen LogP contribution in [0.25, 0.3) is 0 Å². The van der Waals surface area contributed by atoms with Gasteiger partial charge in [-0.2, -0.15) is 0 Å². The largest absolute Gasteiger partial charge is 0.309 e. The Morgan fingerprint density at radius 3 is 2.55 bits per heavy atom. The Morgan fingerprint density at radius 2 is 1.91 bits per heavy atom. The van der Waals surface area contributed by atoms with Crippen LogP contribution in [-0.2, 0) is 6.42 Å². The van der Waals surface area contributed by atoms with E-state index < -0.39 is 0 Å². The van der Waals surface area contributed by atoms with Crippen molar-refractivity contribution in [3.63, 3.8) is 0 Å². The van der Waals surface area contributed by atoms with Crippen molar-refractivity contribution in [2.75, 3.05) is 20.6 Å². The van der Waals surface area contributed by atoms with Gasteiger partial charge in [-0.1, -0.05) is 30.3 Å². The van der Waals surface area contributed by atoms with Gasteiger partial charge in [0.2, 0.25) is 0 Å². The molecule has 1 N–H and O–H groups in total. The van der Waals surface area contributed by atoms with E-state index in [-0.39, 0.29) is 11.9 Å². The number of hydrogen-bond donors (Lipinski definition) is 1. The summed E-state index contributed by atoms with van der Waals surface area (Å²) in [5, 5.41) is 3.48. The Labute approximate surface area is 132 Å². The second kappa shape index (κ2) is 8.01. The molecule has 2 unspecified atom stereocenters. The third-order valence-electron chi connectivity index (χ3n) is 3.93. The highest BCUT2D eigenvalue weighted by Gasteiger charge is 2.14.